The lowest BCUT2D eigenvalue weighted by Crippen LogP contribution is -2.51. The molecule has 0 radical (unpaired) electrons. The van der Waals surface area contributed by atoms with E-state index in [9.17, 15) is 19.7 Å². The molecule has 7 heteroatoms. The lowest BCUT2D eigenvalue weighted by molar-refractivity contribution is -0.384. The van der Waals surface area contributed by atoms with Crippen molar-refractivity contribution < 1.29 is 19.6 Å². The predicted molar refractivity (Wildman–Crippen MR) is 71.3 cm³/mol. The fraction of sp³-hybridized carbons (Fsp3) is 0.385. The second-order valence-corrected chi connectivity index (χ2v) is 4.92. The Hall–Kier alpha value is -2.44. The maximum absolute atomic E-state index is 12.0. The highest BCUT2D eigenvalue weighted by atomic mass is 16.6. The van der Waals surface area contributed by atoms with Gasteiger partial charge in [0.25, 0.3) is 5.69 Å². The molecule has 1 aromatic carbocycles. The van der Waals surface area contributed by atoms with Crippen molar-refractivity contribution in [2.24, 2.45) is 0 Å². The number of amides is 1. The number of carboxylic acids is 1. The van der Waals surface area contributed by atoms with Gasteiger partial charge in [-0.3, -0.25) is 14.9 Å². The second-order valence-electron chi connectivity index (χ2n) is 4.92. The number of carbonyl (C=O) groups excluding carboxylic acids is 1. The third-order valence-corrected chi connectivity index (χ3v) is 3.21. The number of nitrogens with zero attached hydrogens (tertiary/aromatic N) is 2. The van der Waals surface area contributed by atoms with Crippen LogP contribution in [-0.4, -0.2) is 39.4 Å². The molecule has 0 heterocycles. The summed E-state index contributed by atoms with van der Waals surface area (Å²) in [7, 11) is 1.40. The number of rotatable bonds is 5. The van der Waals surface area contributed by atoms with Gasteiger partial charge in [-0.25, -0.2) is 4.79 Å². The summed E-state index contributed by atoms with van der Waals surface area (Å²) in [6.07, 6.45) is -0.0884. The van der Waals surface area contributed by atoms with Gasteiger partial charge in [-0.1, -0.05) is 12.1 Å². The Kier molecular flexibility index (Phi) is 4.44. The molecule has 0 saturated heterocycles. The average Bonchev–Trinajstić information content (AvgIpc) is 2.37. The zero-order valence-electron chi connectivity index (χ0n) is 11.5. The van der Waals surface area contributed by atoms with Gasteiger partial charge in [0.15, 0.2) is 0 Å². The van der Waals surface area contributed by atoms with E-state index in [1.807, 2.05) is 0 Å². The largest absolute Gasteiger partial charge is 0.480 e. The Morgan fingerprint density at radius 2 is 2.00 bits per heavy atom. The molecular weight excluding hydrogens is 264 g/mol. The molecule has 108 valence electrons. The van der Waals surface area contributed by atoms with Crippen molar-refractivity contribution in [3.05, 3.63) is 39.9 Å². The van der Waals surface area contributed by atoms with Crippen LogP contribution in [0.4, 0.5) is 5.69 Å². The Labute approximate surface area is 116 Å². The summed E-state index contributed by atoms with van der Waals surface area (Å²) in [5.74, 6) is -1.54. The number of likely N-dealkylation sites (N-methyl/N-ethyl adjacent to an activating group) is 1. The first-order valence-electron chi connectivity index (χ1n) is 5.89. The molecule has 0 aromatic heterocycles. The molecule has 0 aliphatic carbocycles. The summed E-state index contributed by atoms with van der Waals surface area (Å²) in [5, 5.41) is 19.7. The zero-order chi connectivity index (χ0) is 15.5. The number of non-ortho nitro benzene ring substituents is 1. The van der Waals surface area contributed by atoms with Crippen LogP contribution in [0.5, 0.6) is 0 Å². The number of hydrogen-bond donors (Lipinski definition) is 1. The van der Waals surface area contributed by atoms with Crippen molar-refractivity contribution in [3.63, 3.8) is 0 Å². The van der Waals surface area contributed by atoms with Gasteiger partial charge < -0.3 is 10.0 Å². The summed E-state index contributed by atoms with van der Waals surface area (Å²) < 4.78 is 0. The SMILES string of the molecule is CN(C(=O)Cc1cccc([N+](=O)[O-])c1)C(C)(C)C(=O)O. The van der Waals surface area contributed by atoms with E-state index < -0.39 is 22.3 Å². The van der Waals surface area contributed by atoms with Gasteiger partial charge in [-0.2, -0.15) is 0 Å². The van der Waals surface area contributed by atoms with Crippen LogP contribution in [0.1, 0.15) is 19.4 Å². The monoisotopic (exact) mass is 280 g/mol. The predicted octanol–water partition coefficient (Wildman–Crippen LogP) is 1.46. The van der Waals surface area contributed by atoms with Crippen LogP contribution in [0.25, 0.3) is 0 Å². The summed E-state index contributed by atoms with van der Waals surface area (Å²) in [6, 6.07) is 5.72. The van der Waals surface area contributed by atoms with E-state index in [1.165, 1.54) is 39.1 Å². The molecule has 0 spiro atoms. The highest BCUT2D eigenvalue weighted by Gasteiger charge is 2.35. The molecular formula is C13H16N2O5. The quantitative estimate of drug-likeness (QED) is 0.650. The number of aliphatic carboxylic acids is 1. The Morgan fingerprint density at radius 3 is 2.50 bits per heavy atom. The summed E-state index contributed by atoms with van der Waals surface area (Å²) in [6.45, 7) is 2.83. The smallest absolute Gasteiger partial charge is 0.329 e. The topological polar surface area (TPSA) is 101 Å². The second kappa shape index (κ2) is 5.68. The van der Waals surface area contributed by atoms with E-state index in [0.717, 1.165) is 4.90 Å². The van der Waals surface area contributed by atoms with Gasteiger partial charge in [0.05, 0.1) is 11.3 Å². The van der Waals surface area contributed by atoms with Crippen LogP contribution in [-0.2, 0) is 16.0 Å². The maximum atomic E-state index is 12.0. The molecule has 7 nitrogen and oxygen atoms in total. The van der Waals surface area contributed by atoms with Crippen molar-refractivity contribution in [2.75, 3.05) is 7.05 Å². The van der Waals surface area contributed by atoms with Crippen LogP contribution in [0.2, 0.25) is 0 Å². The molecule has 0 aliphatic heterocycles. The van der Waals surface area contributed by atoms with Gasteiger partial charge >= 0.3 is 5.97 Å². The molecule has 0 atom stereocenters. The standard InChI is InChI=1S/C13H16N2O5/c1-13(2,12(17)18)14(3)11(16)8-9-5-4-6-10(7-9)15(19)20/h4-7H,8H2,1-3H3,(H,17,18). The van der Waals surface area contributed by atoms with E-state index >= 15 is 0 Å². The first-order valence-corrected chi connectivity index (χ1v) is 5.89. The van der Waals surface area contributed by atoms with Crippen LogP contribution >= 0.6 is 0 Å². The Bertz CT molecular complexity index is 553. The number of hydrogen-bond acceptors (Lipinski definition) is 4. The lowest BCUT2D eigenvalue weighted by Gasteiger charge is -2.31. The first kappa shape index (κ1) is 15.6. The first-order chi connectivity index (χ1) is 9.16. The third-order valence-electron chi connectivity index (χ3n) is 3.21. The van der Waals surface area contributed by atoms with Crippen molar-refractivity contribution in [1.82, 2.24) is 4.90 Å². The molecule has 0 aliphatic rings. The number of carbonyl (C=O) groups is 2. The Morgan fingerprint density at radius 1 is 1.40 bits per heavy atom. The van der Waals surface area contributed by atoms with Crippen LogP contribution in [0.3, 0.4) is 0 Å². The van der Waals surface area contributed by atoms with Gasteiger partial charge in [0.1, 0.15) is 5.54 Å². The number of carboxylic acid groups (broad SMARTS) is 1. The minimum Gasteiger partial charge on any atom is -0.480 e. The Balaban J connectivity index is 2.88. The molecule has 20 heavy (non-hydrogen) atoms. The van der Waals surface area contributed by atoms with Gasteiger partial charge in [0, 0.05) is 19.2 Å². The highest BCUT2D eigenvalue weighted by Crippen LogP contribution is 2.17. The van der Waals surface area contributed by atoms with Gasteiger partial charge in [-0.05, 0) is 19.4 Å². The van der Waals surface area contributed by atoms with Crippen LogP contribution in [0.15, 0.2) is 24.3 Å². The summed E-state index contributed by atoms with van der Waals surface area (Å²) >= 11 is 0. The molecule has 1 N–H and O–H groups in total. The van der Waals surface area contributed by atoms with E-state index in [1.54, 1.807) is 6.07 Å². The normalized spacial score (nSPS) is 10.9. The molecule has 1 amide bonds. The summed E-state index contributed by atoms with van der Waals surface area (Å²) in [5.41, 5.74) is -0.967. The highest BCUT2D eigenvalue weighted by molar-refractivity contribution is 5.87. The number of benzene rings is 1. The van der Waals surface area contributed by atoms with Crippen molar-refractivity contribution in [2.45, 2.75) is 25.8 Å². The van der Waals surface area contributed by atoms with Crippen molar-refractivity contribution in [1.29, 1.82) is 0 Å². The third kappa shape index (κ3) is 3.31. The molecule has 1 aromatic rings. The maximum Gasteiger partial charge on any atom is 0.329 e. The van der Waals surface area contributed by atoms with Crippen molar-refractivity contribution >= 4 is 17.6 Å². The van der Waals surface area contributed by atoms with E-state index in [-0.39, 0.29) is 12.1 Å². The average molecular weight is 280 g/mol. The minimum atomic E-state index is -1.34. The fourth-order valence-electron chi connectivity index (χ4n) is 1.53. The van der Waals surface area contributed by atoms with Crippen LogP contribution in [0, 0.1) is 10.1 Å². The van der Waals surface area contributed by atoms with Gasteiger partial charge in [-0.15, -0.1) is 0 Å². The zero-order valence-corrected chi connectivity index (χ0v) is 11.5. The number of nitro benzene ring substituents is 1. The number of nitro groups is 1. The van der Waals surface area contributed by atoms with Crippen molar-refractivity contribution in [3.8, 4) is 0 Å². The lowest BCUT2D eigenvalue weighted by atomic mass is 10.0. The molecule has 0 saturated carbocycles. The summed E-state index contributed by atoms with van der Waals surface area (Å²) in [4.78, 5) is 34.3. The fourth-order valence-corrected chi connectivity index (χ4v) is 1.53. The van der Waals surface area contributed by atoms with E-state index in [0.29, 0.717) is 5.56 Å². The van der Waals surface area contributed by atoms with E-state index in [2.05, 4.69) is 0 Å². The molecule has 0 fully saturated rings. The molecule has 0 unspecified atom stereocenters. The molecule has 0 bridgehead atoms. The minimum absolute atomic E-state index is 0.0884. The van der Waals surface area contributed by atoms with Gasteiger partial charge in [0.2, 0.25) is 5.91 Å². The van der Waals surface area contributed by atoms with Crippen LogP contribution < -0.4 is 0 Å². The molecule has 1 rings (SSSR count). The van der Waals surface area contributed by atoms with E-state index in [4.69, 9.17) is 5.11 Å².